The van der Waals surface area contributed by atoms with Crippen molar-refractivity contribution < 1.29 is 8.76 Å². The Balaban J connectivity index is 2.16. The molecule has 80 valence electrons. The summed E-state index contributed by atoms with van der Waals surface area (Å²) in [5.74, 6) is 0.247. The summed E-state index contributed by atoms with van der Waals surface area (Å²) in [6.45, 7) is 0. The van der Waals surface area contributed by atoms with Crippen LogP contribution in [0.2, 0.25) is 0 Å². The van der Waals surface area contributed by atoms with Crippen LogP contribution in [0.3, 0.4) is 0 Å². The molecule has 0 bridgehead atoms. The second-order valence-corrected chi connectivity index (χ2v) is 5.12. The van der Waals surface area contributed by atoms with Gasteiger partial charge in [-0.2, -0.15) is 0 Å². The normalized spacial score (nSPS) is 15.3. The van der Waals surface area contributed by atoms with E-state index in [-0.39, 0.29) is 11.8 Å². The molecule has 0 saturated heterocycles. The van der Waals surface area contributed by atoms with Crippen molar-refractivity contribution >= 4 is 22.4 Å². The molecule has 0 aliphatic heterocycles. The number of thiophene rings is 1. The molecule has 1 aromatic heterocycles. The molecule has 1 rings (SSSR count). The van der Waals surface area contributed by atoms with Gasteiger partial charge in [-0.05, 0) is 24.3 Å². The van der Waals surface area contributed by atoms with E-state index >= 15 is 0 Å². The van der Waals surface area contributed by atoms with Crippen molar-refractivity contribution in [1.29, 1.82) is 0 Å². The summed E-state index contributed by atoms with van der Waals surface area (Å²) in [6, 6.07) is 4.06. The molecule has 0 spiro atoms. The van der Waals surface area contributed by atoms with E-state index in [4.69, 9.17) is 5.73 Å². The Morgan fingerprint density at radius 2 is 2.36 bits per heavy atom. The summed E-state index contributed by atoms with van der Waals surface area (Å²) < 4.78 is 20.5. The third kappa shape index (κ3) is 4.32. The molecule has 14 heavy (non-hydrogen) atoms. The maximum atomic E-state index is 10.2. The van der Waals surface area contributed by atoms with Crippen molar-refractivity contribution in [3.05, 3.63) is 22.4 Å². The molecule has 2 atom stereocenters. The van der Waals surface area contributed by atoms with Crippen LogP contribution in [-0.4, -0.2) is 14.5 Å². The van der Waals surface area contributed by atoms with E-state index in [2.05, 4.69) is 0 Å². The maximum absolute atomic E-state index is 10.2. The van der Waals surface area contributed by atoms with Gasteiger partial charge in [0.15, 0.2) is 0 Å². The molecule has 5 heteroatoms. The summed E-state index contributed by atoms with van der Waals surface area (Å²) in [7, 11) is 0. The van der Waals surface area contributed by atoms with Gasteiger partial charge in [-0.25, -0.2) is 0 Å². The SMILES string of the molecule is NC(CCCCS(=O)[O-])c1cccs1. The van der Waals surface area contributed by atoms with E-state index in [0.29, 0.717) is 6.42 Å². The highest BCUT2D eigenvalue weighted by Crippen LogP contribution is 2.21. The van der Waals surface area contributed by atoms with Gasteiger partial charge in [0.1, 0.15) is 0 Å². The van der Waals surface area contributed by atoms with Crippen LogP contribution in [0, 0.1) is 0 Å². The molecule has 2 unspecified atom stereocenters. The van der Waals surface area contributed by atoms with E-state index < -0.39 is 11.1 Å². The molecule has 0 fully saturated rings. The van der Waals surface area contributed by atoms with Gasteiger partial charge >= 0.3 is 0 Å². The monoisotopic (exact) mass is 232 g/mol. The van der Waals surface area contributed by atoms with Crippen LogP contribution in [0.5, 0.6) is 0 Å². The molecule has 1 aromatic rings. The molecule has 0 radical (unpaired) electrons. The Bertz CT molecular complexity index is 274. The molecule has 0 saturated carbocycles. The van der Waals surface area contributed by atoms with E-state index in [9.17, 15) is 8.76 Å². The van der Waals surface area contributed by atoms with Gasteiger partial charge in [0.05, 0.1) is 0 Å². The summed E-state index contributed by atoms with van der Waals surface area (Å²) in [6.07, 6.45) is 2.43. The van der Waals surface area contributed by atoms with Crippen molar-refractivity contribution in [2.24, 2.45) is 5.73 Å². The predicted octanol–water partition coefficient (Wildman–Crippen LogP) is 1.80. The smallest absolute Gasteiger partial charge is 0.0389 e. The second kappa shape index (κ2) is 6.29. The molecular formula is C9H14NO2S2-. The van der Waals surface area contributed by atoms with Crippen LogP contribution in [0.4, 0.5) is 0 Å². The van der Waals surface area contributed by atoms with Crippen LogP contribution < -0.4 is 5.73 Å². The zero-order valence-corrected chi connectivity index (χ0v) is 9.48. The van der Waals surface area contributed by atoms with Gasteiger partial charge < -0.3 is 10.3 Å². The molecule has 0 aliphatic carbocycles. The lowest BCUT2D eigenvalue weighted by Crippen LogP contribution is -2.08. The summed E-state index contributed by atoms with van der Waals surface area (Å²) in [4.78, 5) is 1.17. The molecular weight excluding hydrogens is 218 g/mol. The first-order valence-electron chi connectivity index (χ1n) is 4.55. The summed E-state index contributed by atoms with van der Waals surface area (Å²) >= 11 is -0.257. The lowest BCUT2D eigenvalue weighted by molar-refractivity contribution is 0.529. The van der Waals surface area contributed by atoms with E-state index in [1.165, 1.54) is 4.88 Å². The average Bonchev–Trinajstić information content (AvgIpc) is 2.64. The first-order chi connectivity index (χ1) is 6.70. The Kier molecular flexibility index (Phi) is 5.32. The van der Waals surface area contributed by atoms with Crippen LogP contribution in [0.15, 0.2) is 17.5 Å². The zero-order valence-electron chi connectivity index (χ0n) is 7.85. The fraction of sp³-hybridized carbons (Fsp3) is 0.556. The highest BCUT2D eigenvalue weighted by atomic mass is 32.2. The van der Waals surface area contributed by atoms with E-state index in [1.807, 2.05) is 17.5 Å². The fourth-order valence-electron chi connectivity index (χ4n) is 1.23. The number of nitrogens with two attached hydrogens (primary N) is 1. The largest absolute Gasteiger partial charge is 0.772 e. The van der Waals surface area contributed by atoms with Crippen molar-refractivity contribution in [2.75, 3.05) is 5.75 Å². The van der Waals surface area contributed by atoms with Crippen LogP contribution in [0.1, 0.15) is 30.2 Å². The molecule has 0 aromatic carbocycles. The topological polar surface area (TPSA) is 66.2 Å². The highest BCUT2D eigenvalue weighted by Gasteiger charge is 2.05. The Morgan fingerprint density at radius 3 is 2.93 bits per heavy atom. The third-order valence-electron chi connectivity index (χ3n) is 1.98. The maximum Gasteiger partial charge on any atom is 0.0389 e. The molecule has 1 heterocycles. The lowest BCUT2D eigenvalue weighted by atomic mass is 10.1. The van der Waals surface area contributed by atoms with Gasteiger partial charge in [-0.3, -0.25) is 4.21 Å². The standard InChI is InChI=1S/C9H15NO2S2/c10-8(9-5-3-6-13-9)4-1-2-7-14(11)12/h3,5-6,8H,1-2,4,7,10H2,(H,11,12)/p-1. The minimum Gasteiger partial charge on any atom is -0.772 e. The number of hydrogen-bond acceptors (Lipinski definition) is 4. The molecule has 3 nitrogen and oxygen atoms in total. The summed E-state index contributed by atoms with van der Waals surface area (Å²) in [5, 5.41) is 2.00. The van der Waals surface area contributed by atoms with Crippen molar-refractivity contribution in [2.45, 2.75) is 25.3 Å². The Morgan fingerprint density at radius 1 is 1.57 bits per heavy atom. The van der Waals surface area contributed by atoms with Gasteiger partial charge in [-0.1, -0.05) is 23.6 Å². The van der Waals surface area contributed by atoms with Gasteiger partial charge in [0.25, 0.3) is 0 Å². The average molecular weight is 232 g/mol. The zero-order chi connectivity index (χ0) is 10.4. The van der Waals surface area contributed by atoms with Crippen LogP contribution in [-0.2, 0) is 11.1 Å². The van der Waals surface area contributed by atoms with E-state index in [0.717, 1.165) is 12.8 Å². The van der Waals surface area contributed by atoms with Crippen LogP contribution in [0.25, 0.3) is 0 Å². The first-order valence-corrected chi connectivity index (χ1v) is 6.67. The molecule has 2 N–H and O–H groups in total. The van der Waals surface area contributed by atoms with Crippen molar-refractivity contribution in [1.82, 2.24) is 0 Å². The predicted molar refractivity (Wildman–Crippen MR) is 58.9 cm³/mol. The van der Waals surface area contributed by atoms with Crippen LogP contribution >= 0.6 is 11.3 Å². The lowest BCUT2D eigenvalue weighted by Gasteiger charge is -2.09. The van der Waals surface area contributed by atoms with Gasteiger partial charge in [0.2, 0.25) is 0 Å². The Hall–Kier alpha value is -0.230. The second-order valence-electron chi connectivity index (χ2n) is 3.13. The summed E-state index contributed by atoms with van der Waals surface area (Å²) in [5.41, 5.74) is 5.91. The van der Waals surface area contributed by atoms with Crippen molar-refractivity contribution in [3.63, 3.8) is 0 Å². The van der Waals surface area contributed by atoms with E-state index in [1.54, 1.807) is 11.3 Å². The fourth-order valence-corrected chi connectivity index (χ4v) is 2.43. The third-order valence-corrected chi connectivity index (χ3v) is 3.61. The first kappa shape index (κ1) is 11.8. The van der Waals surface area contributed by atoms with Gasteiger partial charge in [0, 0.05) is 16.7 Å². The minimum atomic E-state index is -1.91. The number of unbranched alkanes of at least 4 members (excludes halogenated alkanes) is 1. The minimum absolute atomic E-state index is 0.0649. The highest BCUT2D eigenvalue weighted by molar-refractivity contribution is 7.79. The molecule has 0 aliphatic rings. The molecule has 0 amide bonds. The number of hydrogen-bond donors (Lipinski definition) is 1. The number of rotatable bonds is 6. The van der Waals surface area contributed by atoms with Crippen molar-refractivity contribution in [3.8, 4) is 0 Å². The van der Waals surface area contributed by atoms with Gasteiger partial charge in [-0.15, -0.1) is 11.3 Å². The quantitative estimate of drug-likeness (QED) is 0.600. The Labute approximate surface area is 90.6 Å².